The number of phenolic OH excluding ortho intramolecular Hbond substituents is 1. The number of carbonyl (C=O) groups is 1. The molecule has 0 aromatic heterocycles. The van der Waals surface area contributed by atoms with Gasteiger partial charge >= 0.3 is 5.97 Å². The molecule has 0 saturated carbocycles. The lowest BCUT2D eigenvalue weighted by Gasteiger charge is -2.19. The molecule has 1 unspecified atom stereocenters. The summed E-state index contributed by atoms with van der Waals surface area (Å²) in [6.45, 7) is 10.9. The number of ether oxygens (including phenoxy) is 2. The summed E-state index contributed by atoms with van der Waals surface area (Å²) in [7, 11) is 1.35. The number of esters is 1. The third-order valence-electron chi connectivity index (χ3n) is 4.62. The van der Waals surface area contributed by atoms with Gasteiger partial charge in [-0.1, -0.05) is 47.1 Å². The minimum atomic E-state index is -0.454. The molecule has 0 radical (unpaired) electrons. The second-order valence-corrected chi connectivity index (χ2v) is 8.76. The summed E-state index contributed by atoms with van der Waals surface area (Å²) in [5, 5.41) is 18.4. The Bertz CT molecular complexity index is 901. The van der Waals surface area contributed by atoms with Crippen LogP contribution in [0, 0.1) is 11.3 Å². The van der Waals surface area contributed by atoms with Gasteiger partial charge in [-0.3, -0.25) is 0 Å². The van der Waals surface area contributed by atoms with Gasteiger partial charge in [-0.05, 0) is 47.6 Å². The van der Waals surface area contributed by atoms with Gasteiger partial charge in [0.25, 0.3) is 0 Å². The molecule has 0 bridgehead atoms. The van der Waals surface area contributed by atoms with Crippen molar-refractivity contribution in [2.45, 2.75) is 47.5 Å². The molecule has 2 aromatic rings. The lowest BCUT2D eigenvalue weighted by Crippen LogP contribution is -2.16. The molecule has 0 aliphatic heterocycles. The largest absolute Gasteiger partial charge is 0.508 e. The first kappa shape index (κ1) is 23.4. The summed E-state index contributed by atoms with van der Waals surface area (Å²) in [6.07, 6.45) is 1.94. The number of aromatic hydroxyl groups is 1. The van der Waals surface area contributed by atoms with Crippen LogP contribution in [0.4, 0.5) is 11.4 Å². The highest BCUT2D eigenvalue weighted by molar-refractivity contribution is 5.95. The van der Waals surface area contributed by atoms with Crippen molar-refractivity contribution in [3.8, 4) is 11.5 Å². The third-order valence-corrected chi connectivity index (χ3v) is 4.62. The first-order valence-electron chi connectivity index (χ1n) is 10.2. The van der Waals surface area contributed by atoms with Crippen molar-refractivity contribution in [3.05, 3.63) is 47.5 Å². The van der Waals surface area contributed by atoms with Gasteiger partial charge in [-0.2, -0.15) is 0 Å². The summed E-state index contributed by atoms with van der Waals surface area (Å²) in [6, 6.07) is 10.2. The van der Waals surface area contributed by atoms with E-state index in [1.807, 2.05) is 12.1 Å². The van der Waals surface area contributed by atoms with E-state index < -0.39 is 5.97 Å². The smallest absolute Gasteiger partial charge is 0.340 e. The van der Waals surface area contributed by atoms with E-state index in [0.717, 1.165) is 18.4 Å². The first-order valence-corrected chi connectivity index (χ1v) is 10.2. The molecular weight excluding hydrogens is 380 g/mol. The molecule has 1 N–H and O–H groups in total. The minimum Gasteiger partial charge on any atom is -0.508 e. The number of carbonyl (C=O) groups excluding carboxylic acids is 1. The number of nitrogens with zero attached hydrogens (tertiary/aromatic N) is 2. The highest BCUT2D eigenvalue weighted by Gasteiger charge is 2.16. The van der Waals surface area contributed by atoms with Gasteiger partial charge in [0.1, 0.15) is 17.1 Å². The van der Waals surface area contributed by atoms with Gasteiger partial charge < -0.3 is 14.6 Å². The van der Waals surface area contributed by atoms with Crippen LogP contribution in [0.3, 0.4) is 0 Å². The van der Waals surface area contributed by atoms with Gasteiger partial charge in [-0.25, -0.2) is 4.79 Å². The van der Waals surface area contributed by atoms with Crippen molar-refractivity contribution in [2.24, 2.45) is 21.6 Å². The fraction of sp³-hybridized carbons (Fsp3) is 0.458. The maximum Gasteiger partial charge on any atom is 0.340 e. The normalized spacial score (nSPS) is 12.7. The average molecular weight is 413 g/mol. The molecule has 0 spiro atoms. The van der Waals surface area contributed by atoms with Crippen molar-refractivity contribution >= 4 is 17.3 Å². The van der Waals surface area contributed by atoms with Crippen molar-refractivity contribution in [1.29, 1.82) is 0 Å². The van der Waals surface area contributed by atoms with Crippen LogP contribution in [0.5, 0.6) is 11.5 Å². The van der Waals surface area contributed by atoms with E-state index >= 15 is 0 Å². The Morgan fingerprint density at radius 2 is 1.77 bits per heavy atom. The molecule has 2 rings (SSSR count). The molecule has 6 heteroatoms. The van der Waals surface area contributed by atoms with E-state index in [-0.39, 0.29) is 11.2 Å². The molecule has 0 saturated heterocycles. The van der Waals surface area contributed by atoms with Crippen LogP contribution in [-0.2, 0) is 11.2 Å². The van der Waals surface area contributed by atoms with Crippen LogP contribution in [0.25, 0.3) is 0 Å². The second-order valence-electron chi connectivity index (χ2n) is 8.76. The zero-order valence-corrected chi connectivity index (χ0v) is 18.7. The zero-order valence-electron chi connectivity index (χ0n) is 18.7. The van der Waals surface area contributed by atoms with Gasteiger partial charge in [0, 0.05) is 6.07 Å². The first-order chi connectivity index (χ1) is 14.1. The van der Waals surface area contributed by atoms with Gasteiger partial charge in [0.2, 0.25) is 0 Å². The van der Waals surface area contributed by atoms with Crippen molar-refractivity contribution in [1.82, 2.24) is 0 Å². The van der Waals surface area contributed by atoms with E-state index in [4.69, 9.17) is 9.47 Å². The Balaban J connectivity index is 2.35. The second kappa shape index (κ2) is 10.2. The zero-order chi connectivity index (χ0) is 22.3. The fourth-order valence-corrected chi connectivity index (χ4v) is 2.72. The average Bonchev–Trinajstić information content (AvgIpc) is 2.70. The number of azo groups is 1. The molecule has 162 valence electrons. The minimum absolute atomic E-state index is 0.0522. The number of hydrogen-bond acceptors (Lipinski definition) is 6. The Morgan fingerprint density at radius 3 is 2.40 bits per heavy atom. The maximum atomic E-state index is 12.3. The van der Waals surface area contributed by atoms with Crippen LogP contribution in [0.2, 0.25) is 0 Å². The fourth-order valence-electron chi connectivity index (χ4n) is 2.72. The lowest BCUT2D eigenvalue weighted by atomic mass is 9.97. The third kappa shape index (κ3) is 6.87. The van der Waals surface area contributed by atoms with Crippen LogP contribution in [-0.4, -0.2) is 24.8 Å². The van der Waals surface area contributed by atoms with Crippen LogP contribution >= 0.6 is 0 Å². The predicted octanol–water partition coefficient (Wildman–Crippen LogP) is 6.61. The van der Waals surface area contributed by atoms with Crippen LogP contribution in [0.1, 0.15) is 57.0 Å². The highest BCUT2D eigenvalue weighted by Crippen LogP contribution is 2.34. The molecule has 0 aliphatic carbocycles. The summed E-state index contributed by atoms with van der Waals surface area (Å²) in [5.41, 5.74) is 2.27. The molecule has 1 atom stereocenters. The molecule has 2 aromatic carbocycles. The number of hydrogen-bond donors (Lipinski definition) is 1. The number of phenols is 1. The topological polar surface area (TPSA) is 80.5 Å². The summed E-state index contributed by atoms with van der Waals surface area (Å²) in [5.74, 6) is 0.580. The van der Waals surface area contributed by atoms with E-state index in [0.29, 0.717) is 35.2 Å². The summed E-state index contributed by atoms with van der Waals surface area (Å²) >= 11 is 0. The molecule has 0 amide bonds. The Morgan fingerprint density at radius 1 is 1.10 bits per heavy atom. The monoisotopic (exact) mass is 412 g/mol. The number of methoxy groups -OCH3 is 1. The van der Waals surface area contributed by atoms with E-state index in [9.17, 15) is 9.90 Å². The van der Waals surface area contributed by atoms with Gasteiger partial charge in [0.05, 0.1) is 19.3 Å². The molecular formula is C24H32N2O4. The molecule has 0 fully saturated rings. The maximum absolute atomic E-state index is 12.3. The molecule has 0 heterocycles. The summed E-state index contributed by atoms with van der Waals surface area (Å²) in [4.78, 5) is 12.3. The Hall–Kier alpha value is -2.89. The summed E-state index contributed by atoms with van der Waals surface area (Å²) < 4.78 is 10.8. The van der Waals surface area contributed by atoms with Gasteiger partial charge in [0.15, 0.2) is 5.75 Å². The lowest BCUT2D eigenvalue weighted by molar-refractivity contribution is 0.0601. The quantitative estimate of drug-likeness (QED) is 0.391. The van der Waals surface area contributed by atoms with Crippen molar-refractivity contribution in [2.75, 3.05) is 13.7 Å². The Kier molecular flexibility index (Phi) is 7.98. The van der Waals surface area contributed by atoms with E-state index in [2.05, 4.69) is 44.8 Å². The highest BCUT2D eigenvalue weighted by atomic mass is 16.5. The number of rotatable bonds is 8. The van der Waals surface area contributed by atoms with Crippen LogP contribution < -0.4 is 4.74 Å². The van der Waals surface area contributed by atoms with Crippen LogP contribution in [0.15, 0.2) is 46.6 Å². The predicted molar refractivity (Wildman–Crippen MR) is 118 cm³/mol. The standard InChI is InChI=1S/C24H32N2O4/c1-7-16(2)12-17-8-10-20(19(13-17)23(28)29-6)25-26-21-11-9-18(27)14-22(21)30-15-24(3,4)5/h8-11,13-14,16,27H,7,12,15H2,1-6H3. The Labute approximate surface area is 178 Å². The van der Waals surface area contributed by atoms with E-state index in [1.54, 1.807) is 12.1 Å². The van der Waals surface area contributed by atoms with E-state index in [1.165, 1.54) is 19.2 Å². The van der Waals surface area contributed by atoms with Gasteiger partial charge in [-0.15, -0.1) is 10.2 Å². The van der Waals surface area contributed by atoms with Crippen molar-refractivity contribution in [3.63, 3.8) is 0 Å². The molecule has 0 aliphatic rings. The molecule has 30 heavy (non-hydrogen) atoms. The molecule has 6 nitrogen and oxygen atoms in total. The number of benzene rings is 2. The van der Waals surface area contributed by atoms with Crippen molar-refractivity contribution < 1.29 is 19.4 Å². The SMILES string of the molecule is CCC(C)Cc1ccc(N=Nc2ccc(O)cc2OCC(C)(C)C)c(C(=O)OC)c1.